The van der Waals surface area contributed by atoms with Crippen molar-refractivity contribution in [1.29, 1.82) is 0 Å². The van der Waals surface area contributed by atoms with Crippen molar-refractivity contribution >= 4 is 5.70 Å². The second kappa shape index (κ2) is 4.78. The topological polar surface area (TPSA) is 30.7 Å². The van der Waals surface area contributed by atoms with Crippen molar-refractivity contribution in [3.8, 4) is 0 Å². The minimum Gasteiger partial charge on any atom is -0.583 e. The van der Waals surface area contributed by atoms with E-state index < -0.39 is 0 Å². The molecule has 1 rings (SSSR count). The van der Waals surface area contributed by atoms with Gasteiger partial charge < -0.3 is 10.8 Å². The summed E-state index contributed by atoms with van der Waals surface area (Å²) in [4.78, 5) is 0. The van der Waals surface area contributed by atoms with Crippen molar-refractivity contribution in [3.63, 3.8) is 0 Å². The summed E-state index contributed by atoms with van der Waals surface area (Å²) >= 11 is 0. The molecule has 1 aromatic rings. The summed E-state index contributed by atoms with van der Waals surface area (Å²) < 4.78 is 1.58. The molecule has 0 aromatic carbocycles. The monoisotopic (exact) mass is 224 g/mol. The molecule has 0 bridgehead atoms. The maximum atomic E-state index is 3.80. The quantitative estimate of drug-likeness (QED) is 0.668. The molecule has 1 aromatic heterocycles. The molecular weight excluding hydrogens is 215 g/mol. The number of allylic oxidation sites excluding steroid dienone is 2. The summed E-state index contributed by atoms with van der Waals surface area (Å²) in [6, 6.07) is 0. The number of aryl methyl sites for hydroxylation is 1. The SMILES string of the molecule is C[C-]=C(C)n1[c-]c(C)nn1.[Y]. The molecule has 0 saturated heterocycles. The molecule has 0 unspecified atom stereocenters. The number of nitrogens with zero attached hydrogens (tertiary/aromatic N) is 3. The van der Waals surface area contributed by atoms with Gasteiger partial charge >= 0.3 is 0 Å². The van der Waals surface area contributed by atoms with Gasteiger partial charge in [-0.1, -0.05) is 0 Å². The Morgan fingerprint density at radius 1 is 1.64 bits per heavy atom. The summed E-state index contributed by atoms with van der Waals surface area (Å²) in [5, 5.41) is 7.58. The van der Waals surface area contributed by atoms with Crippen molar-refractivity contribution in [1.82, 2.24) is 15.0 Å². The van der Waals surface area contributed by atoms with Gasteiger partial charge in [0, 0.05) is 32.7 Å². The standard InChI is InChI=1S/C7H9N3.Y/c1-4-7(3)10-5-6(2)8-9-10;/h1-3H3;/q-2;. The van der Waals surface area contributed by atoms with Crippen molar-refractivity contribution in [2.75, 3.05) is 0 Å². The van der Waals surface area contributed by atoms with Crippen molar-refractivity contribution < 1.29 is 32.7 Å². The Morgan fingerprint density at radius 3 is 2.64 bits per heavy atom. The van der Waals surface area contributed by atoms with Gasteiger partial charge in [0.2, 0.25) is 0 Å². The molecule has 0 atom stereocenters. The van der Waals surface area contributed by atoms with Crippen LogP contribution in [0.3, 0.4) is 0 Å². The first-order valence-electron chi connectivity index (χ1n) is 3.07. The van der Waals surface area contributed by atoms with Crippen LogP contribution in [0, 0.1) is 19.2 Å². The largest absolute Gasteiger partial charge is 0.583 e. The Bertz CT molecular complexity index is 252. The second-order valence-electron chi connectivity index (χ2n) is 2.03. The molecule has 1 heterocycles. The van der Waals surface area contributed by atoms with E-state index in [0.717, 1.165) is 11.4 Å². The van der Waals surface area contributed by atoms with E-state index in [4.69, 9.17) is 0 Å². The third-order valence-electron chi connectivity index (χ3n) is 1.23. The van der Waals surface area contributed by atoms with Crippen LogP contribution in [-0.2, 0) is 32.7 Å². The summed E-state index contributed by atoms with van der Waals surface area (Å²) in [7, 11) is 0. The number of hydrogen-bond acceptors (Lipinski definition) is 2. The molecule has 11 heavy (non-hydrogen) atoms. The van der Waals surface area contributed by atoms with Crippen LogP contribution in [0.15, 0.2) is 0 Å². The van der Waals surface area contributed by atoms with E-state index in [1.807, 2.05) is 20.8 Å². The molecule has 0 aliphatic carbocycles. The first-order valence-corrected chi connectivity index (χ1v) is 3.07. The fourth-order valence-electron chi connectivity index (χ4n) is 0.567. The fraction of sp³-hybridized carbons (Fsp3) is 0.429. The molecule has 0 aliphatic heterocycles. The zero-order chi connectivity index (χ0) is 7.56. The molecule has 0 amide bonds. The summed E-state index contributed by atoms with van der Waals surface area (Å²) in [6.45, 7) is 5.59. The van der Waals surface area contributed by atoms with Gasteiger partial charge in [-0.25, -0.2) is 6.92 Å². The minimum atomic E-state index is 0. The van der Waals surface area contributed by atoms with Crippen LogP contribution in [0.5, 0.6) is 0 Å². The van der Waals surface area contributed by atoms with Crippen LogP contribution in [0.4, 0.5) is 0 Å². The maximum absolute atomic E-state index is 3.80. The van der Waals surface area contributed by atoms with Gasteiger partial charge in [0.15, 0.2) is 0 Å². The predicted molar refractivity (Wildman–Crippen MR) is 37.9 cm³/mol. The van der Waals surface area contributed by atoms with Crippen LogP contribution in [-0.4, -0.2) is 15.0 Å². The Hall–Kier alpha value is -0.0161. The molecule has 4 heteroatoms. The molecule has 0 spiro atoms. The summed E-state index contributed by atoms with van der Waals surface area (Å²) in [6.07, 6.45) is 5.86. The number of hydrogen-bond donors (Lipinski definition) is 0. The van der Waals surface area contributed by atoms with Crippen LogP contribution in [0.25, 0.3) is 5.70 Å². The number of aromatic nitrogens is 3. The molecule has 0 saturated carbocycles. The molecule has 0 fully saturated rings. The Balaban J connectivity index is 0.000001000. The molecule has 0 N–H and O–H groups in total. The van der Waals surface area contributed by atoms with E-state index in [9.17, 15) is 0 Å². The third kappa shape index (κ3) is 2.83. The van der Waals surface area contributed by atoms with Crippen molar-refractivity contribution in [2.24, 2.45) is 0 Å². The van der Waals surface area contributed by atoms with Crippen molar-refractivity contribution in [3.05, 3.63) is 18.0 Å². The van der Waals surface area contributed by atoms with E-state index in [1.165, 1.54) is 0 Å². The van der Waals surface area contributed by atoms with Crippen molar-refractivity contribution in [2.45, 2.75) is 20.8 Å². The Labute approximate surface area is 91.7 Å². The maximum Gasteiger partial charge on any atom is 0 e. The van der Waals surface area contributed by atoms with Crippen LogP contribution < -0.4 is 0 Å². The number of rotatable bonds is 1. The van der Waals surface area contributed by atoms with E-state index in [-0.39, 0.29) is 32.7 Å². The minimum absolute atomic E-state index is 0. The molecule has 1 radical (unpaired) electrons. The Morgan fingerprint density at radius 2 is 2.27 bits per heavy atom. The van der Waals surface area contributed by atoms with E-state index in [2.05, 4.69) is 22.6 Å². The van der Waals surface area contributed by atoms with E-state index >= 15 is 0 Å². The van der Waals surface area contributed by atoms with Gasteiger partial charge in [0.05, 0.1) is 0 Å². The van der Waals surface area contributed by atoms with Crippen LogP contribution >= 0.6 is 0 Å². The predicted octanol–water partition coefficient (Wildman–Crippen LogP) is 1.07. The van der Waals surface area contributed by atoms with Gasteiger partial charge in [-0.2, -0.15) is 5.10 Å². The third-order valence-corrected chi connectivity index (χ3v) is 1.23. The van der Waals surface area contributed by atoms with Gasteiger partial charge in [-0.3, -0.25) is 5.70 Å². The first-order chi connectivity index (χ1) is 4.74. The van der Waals surface area contributed by atoms with Gasteiger partial charge in [-0.05, 0) is 12.6 Å². The second-order valence-corrected chi connectivity index (χ2v) is 2.03. The summed E-state index contributed by atoms with van der Waals surface area (Å²) in [5.74, 6) is 0. The molecule has 0 aliphatic rings. The molecular formula is C7H9N3Y-2. The smallest absolute Gasteiger partial charge is 0 e. The van der Waals surface area contributed by atoms with E-state index in [0.29, 0.717) is 0 Å². The van der Waals surface area contributed by atoms with Crippen LogP contribution in [0.2, 0.25) is 0 Å². The normalized spacial score (nSPS) is 11.0. The molecule has 3 nitrogen and oxygen atoms in total. The zero-order valence-electron chi connectivity index (χ0n) is 6.92. The Kier molecular flexibility index (Phi) is 4.77. The summed E-state index contributed by atoms with van der Waals surface area (Å²) in [5.41, 5.74) is 1.72. The molecule has 57 valence electrons. The van der Waals surface area contributed by atoms with Gasteiger partial charge in [0.25, 0.3) is 0 Å². The first kappa shape index (κ1) is 11.0. The van der Waals surface area contributed by atoms with E-state index in [1.54, 1.807) is 4.68 Å². The fourth-order valence-corrected chi connectivity index (χ4v) is 0.567. The van der Waals surface area contributed by atoms with Gasteiger partial charge in [-0.15, -0.1) is 18.3 Å². The van der Waals surface area contributed by atoms with Gasteiger partial charge in [0.1, 0.15) is 0 Å². The zero-order valence-corrected chi connectivity index (χ0v) is 9.76. The average molecular weight is 224 g/mol. The average Bonchev–Trinajstić information content (AvgIpc) is 2.34. The van der Waals surface area contributed by atoms with Crippen LogP contribution in [0.1, 0.15) is 19.5 Å².